The number of hydrogen-bond donors (Lipinski definition) is 0. The molecule has 0 aliphatic rings. The van der Waals surface area contributed by atoms with Gasteiger partial charge in [-0.05, 0) is 87.6 Å². The maximum Gasteiger partial charge on any atom is 0.137 e. The first-order valence-corrected chi connectivity index (χ1v) is 17.4. The summed E-state index contributed by atoms with van der Waals surface area (Å²) in [4.78, 5) is 2.39. The van der Waals surface area contributed by atoms with Crippen molar-refractivity contribution in [3.8, 4) is 22.3 Å². The summed E-state index contributed by atoms with van der Waals surface area (Å²) in [6.45, 7) is 0. The average molecular weight is 644 g/mol. The minimum absolute atomic E-state index is 0.880. The van der Waals surface area contributed by atoms with Crippen molar-refractivity contribution in [1.29, 1.82) is 0 Å². The van der Waals surface area contributed by atoms with E-state index in [4.69, 9.17) is 4.42 Å². The van der Waals surface area contributed by atoms with E-state index in [0.29, 0.717) is 0 Å². The van der Waals surface area contributed by atoms with Gasteiger partial charge in [0.15, 0.2) is 0 Å². The Hall–Kier alpha value is -6.16. The summed E-state index contributed by atoms with van der Waals surface area (Å²) in [5.74, 6) is 0. The van der Waals surface area contributed by atoms with Gasteiger partial charge in [-0.3, -0.25) is 0 Å². The highest BCUT2D eigenvalue weighted by Gasteiger charge is 2.20. The largest absolute Gasteiger partial charge is 0.456 e. The Morgan fingerprint density at radius 2 is 1.06 bits per heavy atom. The van der Waals surface area contributed by atoms with Crippen LogP contribution in [0.5, 0.6) is 0 Å². The second kappa shape index (κ2) is 11.2. The number of nitrogens with zero attached hydrogens (tertiary/aromatic N) is 1. The molecule has 0 saturated carbocycles. The first-order valence-electron chi connectivity index (χ1n) is 16.6. The van der Waals surface area contributed by atoms with Gasteiger partial charge in [0.1, 0.15) is 11.2 Å². The van der Waals surface area contributed by atoms with E-state index in [1.165, 1.54) is 53.2 Å². The number of benzene rings is 8. The number of fused-ring (bicyclic) bond motifs is 7. The highest BCUT2D eigenvalue weighted by molar-refractivity contribution is 7.26. The van der Waals surface area contributed by atoms with Crippen LogP contribution in [0.15, 0.2) is 180 Å². The molecule has 230 valence electrons. The van der Waals surface area contributed by atoms with Crippen LogP contribution in [0.3, 0.4) is 0 Å². The SMILES string of the molecule is c1ccc(-c2ccccc2-c2ccc(N(c3ccc4c(c3)oc3ccccc34)c3cccc4sc5cc6ccccc6cc5c34)cc2)cc1. The van der Waals surface area contributed by atoms with Gasteiger partial charge < -0.3 is 9.32 Å². The molecule has 10 rings (SSSR count). The Morgan fingerprint density at radius 3 is 1.88 bits per heavy atom. The van der Waals surface area contributed by atoms with Crippen molar-refractivity contribution < 1.29 is 4.42 Å². The van der Waals surface area contributed by atoms with Crippen LogP contribution in [0.2, 0.25) is 0 Å². The highest BCUT2D eigenvalue weighted by Crippen LogP contribution is 2.47. The van der Waals surface area contributed by atoms with Gasteiger partial charge in [-0.15, -0.1) is 11.3 Å². The summed E-state index contributed by atoms with van der Waals surface area (Å²) >= 11 is 1.86. The Morgan fingerprint density at radius 1 is 0.408 bits per heavy atom. The molecule has 0 aliphatic heterocycles. The zero-order valence-corrected chi connectivity index (χ0v) is 27.3. The van der Waals surface area contributed by atoms with Gasteiger partial charge in [0.05, 0.1) is 5.69 Å². The molecule has 10 aromatic rings. The molecule has 0 fully saturated rings. The van der Waals surface area contributed by atoms with E-state index in [1.54, 1.807) is 0 Å². The predicted octanol–water partition coefficient (Wildman–Crippen LogP) is 13.9. The summed E-state index contributed by atoms with van der Waals surface area (Å²) in [5.41, 5.74) is 9.91. The lowest BCUT2D eigenvalue weighted by Gasteiger charge is -2.27. The standard InChI is InChI=1S/C46H29NOS/c1-2-11-30(12-3-1)36-15-6-7-16-37(36)31-21-23-34(24-22-31)47(35-25-26-39-38-17-8-9-19-42(38)48-43(39)29-35)41-18-10-20-44-46(41)40-27-32-13-4-5-14-33(32)28-45(40)49-44/h1-29H. The number of hydrogen-bond acceptors (Lipinski definition) is 3. The lowest BCUT2D eigenvalue weighted by atomic mass is 9.94. The molecular weight excluding hydrogens is 615 g/mol. The number of rotatable bonds is 5. The van der Waals surface area contributed by atoms with Gasteiger partial charge in [-0.2, -0.15) is 0 Å². The van der Waals surface area contributed by atoms with Crippen molar-refractivity contribution in [1.82, 2.24) is 0 Å². The van der Waals surface area contributed by atoms with Gasteiger partial charge in [0.25, 0.3) is 0 Å². The molecule has 2 heterocycles. The fraction of sp³-hybridized carbons (Fsp3) is 0. The lowest BCUT2D eigenvalue weighted by molar-refractivity contribution is 0.669. The normalized spacial score (nSPS) is 11.7. The number of para-hydroxylation sites is 1. The second-order valence-corrected chi connectivity index (χ2v) is 13.6. The van der Waals surface area contributed by atoms with Crippen LogP contribution in [-0.4, -0.2) is 0 Å². The van der Waals surface area contributed by atoms with E-state index in [2.05, 4.69) is 169 Å². The van der Waals surface area contributed by atoms with Gasteiger partial charge >= 0.3 is 0 Å². The van der Waals surface area contributed by atoms with Crippen LogP contribution >= 0.6 is 11.3 Å². The first-order chi connectivity index (χ1) is 24.3. The summed E-state index contributed by atoms with van der Waals surface area (Å²) in [6, 6.07) is 63.2. The molecule has 0 unspecified atom stereocenters. The molecule has 2 aromatic heterocycles. The van der Waals surface area contributed by atoms with Gasteiger partial charge in [0.2, 0.25) is 0 Å². The molecule has 0 radical (unpaired) electrons. The third-order valence-electron chi connectivity index (χ3n) is 9.65. The third kappa shape index (κ3) is 4.62. The van der Waals surface area contributed by atoms with Crippen molar-refractivity contribution in [2.75, 3.05) is 4.90 Å². The van der Waals surface area contributed by atoms with Crippen LogP contribution in [0.4, 0.5) is 17.1 Å². The predicted molar refractivity (Wildman–Crippen MR) is 210 cm³/mol. The minimum atomic E-state index is 0.880. The van der Waals surface area contributed by atoms with Gasteiger partial charge in [-0.1, -0.05) is 115 Å². The maximum atomic E-state index is 6.41. The molecule has 0 spiro atoms. The molecule has 2 nitrogen and oxygen atoms in total. The highest BCUT2D eigenvalue weighted by atomic mass is 32.1. The average Bonchev–Trinajstić information content (AvgIpc) is 3.72. The zero-order valence-electron chi connectivity index (χ0n) is 26.5. The third-order valence-corrected chi connectivity index (χ3v) is 10.8. The smallest absolute Gasteiger partial charge is 0.137 e. The Bertz CT molecular complexity index is 2830. The van der Waals surface area contributed by atoms with Crippen LogP contribution in [0.1, 0.15) is 0 Å². The minimum Gasteiger partial charge on any atom is -0.456 e. The van der Waals surface area contributed by atoms with Crippen LogP contribution in [0, 0.1) is 0 Å². The van der Waals surface area contributed by atoms with Gasteiger partial charge in [0, 0.05) is 48.4 Å². The first kappa shape index (κ1) is 27.9. The van der Waals surface area contributed by atoms with Crippen molar-refractivity contribution in [2.45, 2.75) is 0 Å². The molecule has 8 aromatic carbocycles. The number of anilines is 3. The summed E-state index contributed by atoms with van der Waals surface area (Å²) in [5, 5.41) is 7.31. The van der Waals surface area contributed by atoms with Crippen LogP contribution in [-0.2, 0) is 0 Å². The van der Waals surface area contributed by atoms with Crippen molar-refractivity contribution in [3.63, 3.8) is 0 Å². The molecular formula is C46H29NOS. The fourth-order valence-corrected chi connectivity index (χ4v) is 8.51. The molecule has 0 saturated heterocycles. The number of furan rings is 1. The quantitative estimate of drug-likeness (QED) is 0.186. The van der Waals surface area contributed by atoms with E-state index in [1.807, 2.05) is 23.5 Å². The molecule has 0 N–H and O–H groups in total. The van der Waals surface area contributed by atoms with E-state index >= 15 is 0 Å². The van der Waals surface area contributed by atoms with E-state index in [9.17, 15) is 0 Å². The molecule has 49 heavy (non-hydrogen) atoms. The van der Waals surface area contributed by atoms with Crippen molar-refractivity contribution in [2.24, 2.45) is 0 Å². The summed E-state index contributed by atoms with van der Waals surface area (Å²) in [6.07, 6.45) is 0. The van der Waals surface area contributed by atoms with E-state index in [0.717, 1.165) is 39.0 Å². The molecule has 0 amide bonds. The second-order valence-electron chi connectivity index (χ2n) is 12.5. The Balaban J connectivity index is 1.19. The van der Waals surface area contributed by atoms with Crippen molar-refractivity contribution in [3.05, 3.63) is 176 Å². The Kier molecular flexibility index (Phi) is 6.39. The summed E-state index contributed by atoms with van der Waals surface area (Å²) in [7, 11) is 0. The lowest BCUT2D eigenvalue weighted by Crippen LogP contribution is -2.10. The molecule has 0 aliphatic carbocycles. The van der Waals surface area contributed by atoms with E-state index in [-0.39, 0.29) is 0 Å². The van der Waals surface area contributed by atoms with E-state index < -0.39 is 0 Å². The molecule has 3 heteroatoms. The molecule has 0 bridgehead atoms. The summed E-state index contributed by atoms with van der Waals surface area (Å²) < 4.78 is 8.98. The van der Waals surface area contributed by atoms with Crippen LogP contribution < -0.4 is 4.90 Å². The van der Waals surface area contributed by atoms with Crippen molar-refractivity contribution >= 4 is 81.3 Å². The molecule has 0 atom stereocenters. The van der Waals surface area contributed by atoms with Crippen LogP contribution in [0.25, 0.3) is 75.1 Å². The zero-order chi connectivity index (χ0) is 32.3. The van der Waals surface area contributed by atoms with Gasteiger partial charge in [-0.25, -0.2) is 0 Å². The monoisotopic (exact) mass is 643 g/mol. The fourth-order valence-electron chi connectivity index (χ4n) is 7.35. The number of thiophene rings is 1. The maximum absolute atomic E-state index is 6.41. The Labute approximate surface area is 287 Å². The topological polar surface area (TPSA) is 16.4 Å².